The van der Waals surface area contributed by atoms with Crippen molar-refractivity contribution in [2.24, 2.45) is 7.05 Å². The highest BCUT2D eigenvalue weighted by molar-refractivity contribution is 5.09. The van der Waals surface area contributed by atoms with E-state index in [0.717, 1.165) is 5.56 Å². The smallest absolute Gasteiger partial charge is 0.0582 e. The van der Waals surface area contributed by atoms with Gasteiger partial charge in [0, 0.05) is 30.9 Å². The second kappa shape index (κ2) is 4.39. The molecule has 13 heavy (non-hydrogen) atoms. The molecule has 0 fully saturated rings. The van der Waals surface area contributed by atoms with E-state index in [1.54, 1.807) is 4.68 Å². The molecule has 2 N–H and O–H groups in total. The SMILES string of the molecule is CC(N[C@H](C)CO)c1cnn(C)c1. The summed E-state index contributed by atoms with van der Waals surface area (Å²) in [6.45, 7) is 4.17. The van der Waals surface area contributed by atoms with Crippen molar-refractivity contribution in [3.8, 4) is 0 Å². The van der Waals surface area contributed by atoms with Crippen molar-refractivity contribution in [3.63, 3.8) is 0 Å². The van der Waals surface area contributed by atoms with Crippen molar-refractivity contribution in [1.29, 1.82) is 0 Å². The summed E-state index contributed by atoms with van der Waals surface area (Å²) >= 11 is 0. The molecule has 0 amide bonds. The summed E-state index contributed by atoms with van der Waals surface area (Å²) in [5.74, 6) is 0. The molecule has 4 heteroatoms. The fourth-order valence-electron chi connectivity index (χ4n) is 1.24. The molecular weight excluding hydrogens is 166 g/mol. The number of hydrogen-bond acceptors (Lipinski definition) is 3. The van der Waals surface area contributed by atoms with Gasteiger partial charge in [0.2, 0.25) is 0 Å². The highest BCUT2D eigenvalue weighted by Gasteiger charge is 2.09. The lowest BCUT2D eigenvalue weighted by atomic mass is 10.2. The van der Waals surface area contributed by atoms with E-state index in [-0.39, 0.29) is 18.7 Å². The second-order valence-corrected chi connectivity index (χ2v) is 3.42. The maximum atomic E-state index is 8.85. The molecule has 74 valence electrons. The lowest BCUT2D eigenvalue weighted by Gasteiger charge is -2.16. The summed E-state index contributed by atoms with van der Waals surface area (Å²) in [4.78, 5) is 0. The first-order valence-corrected chi connectivity index (χ1v) is 4.49. The summed E-state index contributed by atoms with van der Waals surface area (Å²) in [6, 6.07) is 0.353. The Morgan fingerprint density at radius 1 is 1.62 bits per heavy atom. The van der Waals surface area contributed by atoms with E-state index < -0.39 is 0 Å². The molecular formula is C9H17N3O. The Morgan fingerprint density at radius 3 is 2.77 bits per heavy atom. The minimum atomic E-state index is 0.121. The number of aryl methyl sites for hydroxylation is 1. The van der Waals surface area contributed by atoms with Crippen LogP contribution < -0.4 is 5.32 Å². The Balaban J connectivity index is 2.53. The van der Waals surface area contributed by atoms with Crippen LogP contribution in [-0.2, 0) is 7.05 Å². The third kappa shape index (κ3) is 2.82. The van der Waals surface area contributed by atoms with Crippen LogP contribution in [0.15, 0.2) is 12.4 Å². The van der Waals surface area contributed by atoms with E-state index >= 15 is 0 Å². The molecule has 1 aromatic heterocycles. The molecule has 0 aliphatic heterocycles. The van der Waals surface area contributed by atoms with Gasteiger partial charge in [-0.15, -0.1) is 0 Å². The average molecular weight is 183 g/mol. The largest absolute Gasteiger partial charge is 0.395 e. The van der Waals surface area contributed by atoms with Gasteiger partial charge in [0.1, 0.15) is 0 Å². The number of aliphatic hydroxyl groups excluding tert-OH is 1. The molecule has 0 saturated heterocycles. The maximum absolute atomic E-state index is 8.85. The Morgan fingerprint density at radius 2 is 2.31 bits per heavy atom. The van der Waals surface area contributed by atoms with Crippen LogP contribution in [0.1, 0.15) is 25.5 Å². The van der Waals surface area contributed by atoms with Crippen LogP contribution in [0.3, 0.4) is 0 Å². The molecule has 0 bridgehead atoms. The van der Waals surface area contributed by atoms with Crippen molar-refractivity contribution in [1.82, 2.24) is 15.1 Å². The Kier molecular flexibility index (Phi) is 3.45. The van der Waals surface area contributed by atoms with Gasteiger partial charge in [0.25, 0.3) is 0 Å². The van der Waals surface area contributed by atoms with Crippen molar-refractivity contribution < 1.29 is 5.11 Å². The number of nitrogens with one attached hydrogen (secondary N) is 1. The van der Waals surface area contributed by atoms with Crippen LogP contribution in [0, 0.1) is 0 Å². The molecule has 0 spiro atoms. The van der Waals surface area contributed by atoms with Gasteiger partial charge in [-0.05, 0) is 13.8 Å². The summed E-state index contributed by atoms with van der Waals surface area (Å²) in [7, 11) is 1.89. The van der Waals surface area contributed by atoms with Gasteiger partial charge < -0.3 is 10.4 Å². The minimum Gasteiger partial charge on any atom is -0.395 e. The third-order valence-corrected chi connectivity index (χ3v) is 2.03. The second-order valence-electron chi connectivity index (χ2n) is 3.42. The third-order valence-electron chi connectivity index (χ3n) is 2.03. The molecule has 0 aliphatic rings. The van der Waals surface area contributed by atoms with E-state index in [9.17, 15) is 0 Å². The van der Waals surface area contributed by atoms with Gasteiger partial charge in [-0.25, -0.2) is 0 Å². The predicted molar refractivity (Wildman–Crippen MR) is 51.3 cm³/mol. The van der Waals surface area contributed by atoms with Gasteiger partial charge in [0.05, 0.1) is 12.8 Å². The molecule has 2 atom stereocenters. The molecule has 0 radical (unpaired) electrons. The Hall–Kier alpha value is -0.870. The summed E-state index contributed by atoms with van der Waals surface area (Å²) in [6.07, 6.45) is 3.81. The Labute approximate surface area is 78.6 Å². The number of aromatic nitrogens is 2. The van der Waals surface area contributed by atoms with E-state index in [0.29, 0.717) is 0 Å². The lowest BCUT2D eigenvalue weighted by molar-refractivity contribution is 0.243. The highest BCUT2D eigenvalue weighted by atomic mass is 16.3. The minimum absolute atomic E-state index is 0.121. The van der Waals surface area contributed by atoms with E-state index in [4.69, 9.17) is 5.11 Å². The van der Waals surface area contributed by atoms with Crippen molar-refractivity contribution in [3.05, 3.63) is 18.0 Å². The van der Waals surface area contributed by atoms with Crippen LogP contribution in [0.2, 0.25) is 0 Å². The first-order chi connectivity index (χ1) is 6.13. The molecule has 0 aliphatic carbocycles. The van der Waals surface area contributed by atoms with Crippen LogP contribution in [-0.4, -0.2) is 27.5 Å². The average Bonchev–Trinajstić information content (AvgIpc) is 2.51. The number of aliphatic hydroxyl groups is 1. The standard InChI is InChI=1S/C9H17N3O/c1-7(6-13)11-8(2)9-4-10-12(3)5-9/h4-5,7-8,11,13H,6H2,1-3H3/t7-,8?/m1/s1. The maximum Gasteiger partial charge on any atom is 0.0582 e. The van der Waals surface area contributed by atoms with Crippen LogP contribution >= 0.6 is 0 Å². The zero-order valence-corrected chi connectivity index (χ0v) is 8.36. The van der Waals surface area contributed by atoms with Gasteiger partial charge in [-0.1, -0.05) is 0 Å². The number of rotatable bonds is 4. The van der Waals surface area contributed by atoms with Crippen LogP contribution in [0.25, 0.3) is 0 Å². The van der Waals surface area contributed by atoms with Crippen molar-refractivity contribution in [2.45, 2.75) is 25.9 Å². The zero-order chi connectivity index (χ0) is 9.84. The zero-order valence-electron chi connectivity index (χ0n) is 8.36. The molecule has 0 aromatic carbocycles. The van der Waals surface area contributed by atoms with Gasteiger partial charge in [-0.3, -0.25) is 4.68 Å². The molecule has 0 saturated carbocycles. The normalized spacial score (nSPS) is 15.7. The predicted octanol–water partition coefficient (Wildman–Crippen LogP) is 0.451. The lowest BCUT2D eigenvalue weighted by Crippen LogP contribution is -2.31. The fourth-order valence-corrected chi connectivity index (χ4v) is 1.24. The molecule has 1 unspecified atom stereocenters. The van der Waals surface area contributed by atoms with Crippen molar-refractivity contribution in [2.75, 3.05) is 6.61 Å². The summed E-state index contributed by atoms with van der Waals surface area (Å²) < 4.78 is 1.77. The summed E-state index contributed by atoms with van der Waals surface area (Å²) in [5.41, 5.74) is 1.14. The first-order valence-electron chi connectivity index (χ1n) is 4.49. The number of nitrogens with zero attached hydrogens (tertiary/aromatic N) is 2. The fraction of sp³-hybridized carbons (Fsp3) is 0.667. The number of hydrogen-bond donors (Lipinski definition) is 2. The van der Waals surface area contributed by atoms with Crippen LogP contribution in [0.5, 0.6) is 0 Å². The monoisotopic (exact) mass is 183 g/mol. The van der Waals surface area contributed by atoms with Gasteiger partial charge in [-0.2, -0.15) is 5.10 Å². The quantitative estimate of drug-likeness (QED) is 0.712. The molecule has 1 rings (SSSR count). The highest BCUT2D eigenvalue weighted by Crippen LogP contribution is 2.10. The van der Waals surface area contributed by atoms with E-state index in [1.807, 2.05) is 26.4 Å². The van der Waals surface area contributed by atoms with E-state index in [2.05, 4.69) is 17.3 Å². The molecule has 4 nitrogen and oxygen atoms in total. The van der Waals surface area contributed by atoms with Crippen LogP contribution in [0.4, 0.5) is 0 Å². The molecule has 1 aromatic rings. The topological polar surface area (TPSA) is 50.1 Å². The summed E-state index contributed by atoms with van der Waals surface area (Å²) in [5, 5.41) is 16.2. The first kappa shape index (κ1) is 10.2. The Bertz CT molecular complexity index is 259. The van der Waals surface area contributed by atoms with Crippen molar-refractivity contribution >= 4 is 0 Å². The van der Waals surface area contributed by atoms with Gasteiger partial charge in [0.15, 0.2) is 0 Å². The molecule has 1 heterocycles. The van der Waals surface area contributed by atoms with Gasteiger partial charge >= 0.3 is 0 Å². The van der Waals surface area contributed by atoms with E-state index in [1.165, 1.54) is 0 Å².